The van der Waals surface area contributed by atoms with E-state index in [2.05, 4.69) is 5.32 Å². The third-order valence-electron chi connectivity index (χ3n) is 2.97. The van der Waals surface area contributed by atoms with Crippen LogP contribution in [0.4, 0.5) is 5.69 Å². The summed E-state index contributed by atoms with van der Waals surface area (Å²) >= 11 is 0. The van der Waals surface area contributed by atoms with Crippen LogP contribution in [0.1, 0.15) is 18.9 Å². The number of aromatic hydroxyl groups is 1. The Balaban J connectivity index is 2.03. The smallest absolute Gasteiger partial charge is 0.306 e. The molecular weight excluding hydrogens is 206 g/mol. The highest BCUT2D eigenvalue weighted by molar-refractivity contribution is 5.70. The van der Waals surface area contributed by atoms with Crippen molar-refractivity contribution >= 4 is 11.7 Å². The molecule has 4 heteroatoms. The molecule has 0 radical (unpaired) electrons. The Morgan fingerprint density at radius 3 is 3.06 bits per heavy atom. The maximum atomic E-state index is 10.7. The van der Waals surface area contributed by atoms with Crippen LogP contribution < -0.4 is 5.32 Å². The van der Waals surface area contributed by atoms with Crippen molar-refractivity contribution in [2.45, 2.75) is 25.8 Å². The van der Waals surface area contributed by atoms with Crippen LogP contribution in [0.25, 0.3) is 0 Å². The summed E-state index contributed by atoms with van der Waals surface area (Å²) in [6.45, 7) is 1.71. The zero-order chi connectivity index (χ0) is 11.7. The third-order valence-corrected chi connectivity index (χ3v) is 2.97. The number of fused-ring (bicyclic) bond motifs is 1. The van der Waals surface area contributed by atoms with Gasteiger partial charge in [0.15, 0.2) is 0 Å². The van der Waals surface area contributed by atoms with Gasteiger partial charge in [-0.1, -0.05) is 6.92 Å². The lowest BCUT2D eigenvalue weighted by molar-refractivity contribution is -0.141. The van der Waals surface area contributed by atoms with Gasteiger partial charge in [-0.15, -0.1) is 0 Å². The molecule has 4 nitrogen and oxygen atoms in total. The molecule has 3 N–H and O–H groups in total. The fourth-order valence-electron chi connectivity index (χ4n) is 2.10. The quantitative estimate of drug-likeness (QED) is 0.681. The van der Waals surface area contributed by atoms with E-state index in [0.717, 1.165) is 17.7 Å². The van der Waals surface area contributed by atoms with Gasteiger partial charge in [-0.3, -0.25) is 4.79 Å². The molecule has 16 heavy (non-hydrogen) atoms. The zero-order valence-corrected chi connectivity index (χ0v) is 9.10. The highest BCUT2D eigenvalue weighted by Gasteiger charge is 2.24. The Bertz CT molecular complexity index is 417. The van der Waals surface area contributed by atoms with Crippen LogP contribution in [0, 0.1) is 5.92 Å². The summed E-state index contributed by atoms with van der Waals surface area (Å²) in [4.78, 5) is 10.7. The molecule has 0 fully saturated rings. The topological polar surface area (TPSA) is 69.6 Å². The molecule has 86 valence electrons. The molecule has 0 saturated heterocycles. The van der Waals surface area contributed by atoms with E-state index in [0.29, 0.717) is 6.42 Å². The second-order valence-corrected chi connectivity index (χ2v) is 4.36. The molecule has 0 bridgehead atoms. The Labute approximate surface area is 93.9 Å². The number of hydrogen-bond acceptors (Lipinski definition) is 3. The van der Waals surface area contributed by atoms with E-state index in [-0.39, 0.29) is 17.7 Å². The molecule has 1 heterocycles. The van der Waals surface area contributed by atoms with Crippen LogP contribution in [0.5, 0.6) is 5.75 Å². The highest BCUT2D eigenvalue weighted by Crippen LogP contribution is 2.31. The van der Waals surface area contributed by atoms with Crippen LogP contribution >= 0.6 is 0 Å². The third kappa shape index (κ3) is 2.10. The first-order chi connectivity index (χ1) is 7.56. The average molecular weight is 221 g/mol. The van der Waals surface area contributed by atoms with Gasteiger partial charge in [0.05, 0.1) is 5.92 Å². The second kappa shape index (κ2) is 4.04. The predicted octanol–water partition coefficient (Wildman–Crippen LogP) is 1.84. The Morgan fingerprint density at radius 2 is 2.38 bits per heavy atom. The van der Waals surface area contributed by atoms with Crippen molar-refractivity contribution in [3.05, 3.63) is 23.8 Å². The molecular formula is C12H15NO3. The molecule has 0 amide bonds. The number of rotatable bonds is 3. The van der Waals surface area contributed by atoms with Crippen molar-refractivity contribution in [1.82, 2.24) is 0 Å². The van der Waals surface area contributed by atoms with Crippen LogP contribution in [0.3, 0.4) is 0 Å². The molecule has 0 saturated carbocycles. The molecule has 2 unspecified atom stereocenters. The van der Waals surface area contributed by atoms with Gasteiger partial charge in [0.25, 0.3) is 0 Å². The summed E-state index contributed by atoms with van der Waals surface area (Å²) in [6.07, 6.45) is 1.38. The molecule has 2 rings (SSSR count). The lowest BCUT2D eigenvalue weighted by Crippen LogP contribution is -2.22. The Kier molecular flexibility index (Phi) is 2.73. The van der Waals surface area contributed by atoms with E-state index in [9.17, 15) is 9.90 Å². The van der Waals surface area contributed by atoms with Gasteiger partial charge in [0, 0.05) is 11.7 Å². The van der Waals surface area contributed by atoms with E-state index >= 15 is 0 Å². The summed E-state index contributed by atoms with van der Waals surface area (Å²) < 4.78 is 0. The van der Waals surface area contributed by atoms with Crippen molar-refractivity contribution < 1.29 is 15.0 Å². The van der Waals surface area contributed by atoms with Crippen LogP contribution in [0.2, 0.25) is 0 Å². The predicted molar refractivity (Wildman–Crippen MR) is 60.6 cm³/mol. The largest absolute Gasteiger partial charge is 0.508 e. The monoisotopic (exact) mass is 221 g/mol. The van der Waals surface area contributed by atoms with Crippen molar-refractivity contribution in [3.8, 4) is 5.75 Å². The number of nitrogens with one attached hydrogen (secondary N) is 1. The number of hydrogen-bond donors (Lipinski definition) is 3. The minimum atomic E-state index is -0.763. The average Bonchev–Trinajstić information content (AvgIpc) is 2.58. The standard InChI is InChI=1S/C12H15NO3/c1-7(12(15)16)4-9-5-8-6-10(14)2-3-11(8)13-9/h2-3,6-7,9,13-14H,4-5H2,1H3,(H,15,16). The van der Waals surface area contributed by atoms with Crippen LogP contribution in [0.15, 0.2) is 18.2 Å². The minimum Gasteiger partial charge on any atom is -0.508 e. The Hall–Kier alpha value is -1.71. The summed E-state index contributed by atoms with van der Waals surface area (Å²) in [6, 6.07) is 5.35. The van der Waals surface area contributed by atoms with Gasteiger partial charge >= 0.3 is 5.97 Å². The van der Waals surface area contributed by atoms with E-state index in [1.165, 1.54) is 0 Å². The number of carbonyl (C=O) groups is 1. The summed E-state index contributed by atoms with van der Waals surface area (Å²) in [7, 11) is 0. The van der Waals surface area contributed by atoms with Gasteiger partial charge in [-0.05, 0) is 36.6 Å². The number of aliphatic carboxylic acids is 1. The van der Waals surface area contributed by atoms with Gasteiger partial charge in [-0.25, -0.2) is 0 Å². The summed E-state index contributed by atoms with van der Waals surface area (Å²) in [5.74, 6) is -0.853. The van der Waals surface area contributed by atoms with Gasteiger partial charge < -0.3 is 15.5 Å². The van der Waals surface area contributed by atoms with Crippen molar-refractivity contribution in [2.75, 3.05) is 5.32 Å². The molecule has 0 aromatic heterocycles. The number of phenolic OH excluding ortho intramolecular Hbond substituents is 1. The van der Waals surface area contributed by atoms with Crippen molar-refractivity contribution in [2.24, 2.45) is 5.92 Å². The molecule has 0 spiro atoms. The maximum Gasteiger partial charge on any atom is 0.306 e. The van der Waals surface area contributed by atoms with Gasteiger partial charge in [0.2, 0.25) is 0 Å². The minimum absolute atomic E-state index is 0.155. The molecule has 0 aliphatic carbocycles. The fraction of sp³-hybridized carbons (Fsp3) is 0.417. The fourth-order valence-corrected chi connectivity index (χ4v) is 2.10. The number of anilines is 1. The molecule has 1 aliphatic rings. The lowest BCUT2D eigenvalue weighted by atomic mass is 9.99. The maximum absolute atomic E-state index is 10.7. The highest BCUT2D eigenvalue weighted by atomic mass is 16.4. The SMILES string of the molecule is CC(CC1Cc2cc(O)ccc2N1)C(=O)O. The van der Waals surface area contributed by atoms with E-state index in [1.54, 1.807) is 19.1 Å². The van der Waals surface area contributed by atoms with Crippen LogP contribution in [-0.4, -0.2) is 22.2 Å². The lowest BCUT2D eigenvalue weighted by Gasteiger charge is -2.13. The molecule has 2 atom stereocenters. The Morgan fingerprint density at radius 1 is 1.62 bits per heavy atom. The van der Waals surface area contributed by atoms with E-state index < -0.39 is 5.97 Å². The summed E-state index contributed by atoms with van der Waals surface area (Å²) in [5, 5.41) is 21.4. The first-order valence-electron chi connectivity index (χ1n) is 5.37. The molecule has 1 aromatic carbocycles. The molecule has 1 aromatic rings. The number of phenols is 1. The second-order valence-electron chi connectivity index (χ2n) is 4.36. The van der Waals surface area contributed by atoms with Gasteiger partial charge in [0.1, 0.15) is 5.75 Å². The first-order valence-corrected chi connectivity index (χ1v) is 5.37. The van der Waals surface area contributed by atoms with Crippen molar-refractivity contribution in [1.29, 1.82) is 0 Å². The van der Waals surface area contributed by atoms with Gasteiger partial charge in [-0.2, -0.15) is 0 Å². The normalized spacial score (nSPS) is 19.9. The van der Waals surface area contributed by atoms with Crippen molar-refractivity contribution in [3.63, 3.8) is 0 Å². The number of carboxylic acids is 1. The number of carboxylic acid groups (broad SMARTS) is 1. The number of benzene rings is 1. The van der Waals surface area contributed by atoms with E-state index in [1.807, 2.05) is 6.07 Å². The molecule has 1 aliphatic heterocycles. The first kappa shape index (κ1) is 10.8. The summed E-state index contributed by atoms with van der Waals surface area (Å²) in [5.41, 5.74) is 2.06. The van der Waals surface area contributed by atoms with Crippen LogP contribution in [-0.2, 0) is 11.2 Å². The zero-order valence-electron chi connectivity index (χ0n) is 9.10. The van der Waals surface area contributed by atoms with E-state index in [4.69, 9.17) is 5.11 Å².